The summed E-state index contributed by atoms with van der Waals surface area (Å²) in [6, 6.07) is 3.14. The van der Waals surface area contributed by atoms with Crippen LogP contribution in [-0.4, -0.2) is 18.6 Å². The summed E-state index contributed by atoms with van der Waals surface area (Å²) < 4.78 is 27.6. The average molecular weight is 321 g/mol. The molecule has 0 amide bonds. The normalized spacial score (nSPS) is 13.6. The lowest BCUT2D eigenvalue weighted by Gasteiger charge is -2.12. The van der Waals surface area contributed by atoms with Gasteiger partial charge in [0.1, 0.15) is 0 Å². The van der Waals surface area contributed by atoms with Crippen LogP contribution in [0.5, 0.6) is 0 Å². The molecule has 1 atom stereocenters. The smallest absolute Gasteiger partial charge is 0.258 e. The van der Waals surface area contributed by atoms with Crippen LogP contribution in [0.3, 0.4) is 0 Å². The molecule has 9 heteroatoms. The van der Waals surface area contributed by atoms with Crippen LogP contribution < -0.4 is 10.5 Å². The van der Waals surface area contributed by atoms with E-state index in [9.17, 15) is 8.42 Å². The predicted octanol–water partition coefficient (Wildman–Crippen LogP) is 1.62. The maximum atomic E-state index is 12.2. The van der Waals surface area contributed by atoms with Gasteiger partial charge in [0.2, 0.25) is 0 Å². The summed E-state index contributed by atoms with van der Waals surface area (Å²) in [4.78, 5) is 0.836. The van der Waals surface area contributed by atoms with Gasteiger partial charge in [-0.05, 0) is 19.1 Å². The molecule has 0 saturated carbocycles. The van der Waals surface area contributed by atoms with E-state index in [-0.39, 0.29) is 17.6 Å². The molecule has 2 aromatic rings. The van der Waals surface area contributed by atoms with Crippen LogP contribution in [0.15, 0.2) is 23.4 Å². The Labute approximate surface area is 120 Å². The van der Waals surface area contributed by atoms with Crippen molar-refractivity contribution >= 4 is 33.0 Å². The second-order valence-electron chi connectivity index (χ2n) is 3.91. The number of H-pyrrole nitrogens is 1. The maximum absolute atomic E-state index is 12.2. The van der Waals surface area contributed by atoms with E-state index in [0.29, 0.717) is 9.90 Å². The first kappa shape index (κ1) is 14.5. The molecule has 104 valence electrons. The van der Waals surface area contributed by atoms with Crippen LogP contribution in [0.1, 0.15) is 23.4 Å². The van der Waals surface area contributed by atoms with E-state index < -0.39 is 10.0 Å². The number of aromatic amines is 1. The molecule has 0 aromatic carbocycles. The lowest BCUT2D eigenvalue weighted by molar-refractivity contribution is 0.563. The Balaban J connectivity index is 2.22. The summed E-state index contributed by atoms with van der Waals surface area (Å²) >= 11 is 7.16. The molecule has 2 heterocycles. The number of hydrogen-bond donors (Lipinski definition) is 3. The van der Waals surface area contributed by atoms with Gasteiger partial charge in [-0.1, -0.05) is 11.6 Å². The van der Waals surface area contributed by atoms with Crippen molar-refractivity contribution in [1.82, 2.24) is 14.9 Å². The average Bonchev–Trinajstić information content (AvgIpc) is 2.96. The van der Waals surface area contributed by atoms with Gasteiger partial charge in [0.05, 0.1) is 16.6 Å². The van der Waals surface area contributed by atoms with Crippen LogP contribution >= 0.6 is 22.9 Å². The van der Waals surface area contributed by atoms with Gasteiger partial charge in [-0.25, -0.2) is 13.1 Å². The first-order valence-corrected chi connectivity index (χ1v) is 8.11. The molecule has 4 N–H and O–H groups in total. The highest BCUT2D eigenvalue weighted by atomic mass is 35.5. The Morgan fingerprint density at radius 3 is 2.89 bits per heavy atom. The van der Waals surface area contributed by atoms with E-state index in [4.69, 9.17) is 17.3 Å². The maximum Gasteiger partial charge on any atom is 0.258 e. The molecule has 0 fully saturated rings. The molecular weight excluding hydrogens is 308 g/mol. The van der Waals surface area contributed by atoms with Gasteiger partial charge in [-0.3, -0.25) is 5.10 Å². The van der Waals surface area contributed by atoms with Gasteiger partial charge >= 0.3 is 0 Å². The second kappa shape index (κ2) is 5.59. The van der Waals surface area contributed by atoms with Crippen molar-refractivity contribution in [2.45, 2.75) is 24.5 Å². The van der Waals surface area contributed by atoms with Gasteiger partial charge in [-0.15, -0.1) is 11.3 Å². The SMILES string of the molecule is CC(NS(=O)(=O)c1[nH]ncc1CN)c1ccc(Cl)s1. The molecule has 0 bridgehead atoms. The summed E-state index contributed by atoms with van der Waals surface area (Å²) in [5, 5.41) is 6.16. The third kappa shape index (κ3) is 3.15. The number of halogens is 1. The Morgan fingerprint density at radius 1 is 1.58 bits per heavy atom. The van der Waals surface area contributed by atoms with Crippen LogP contribution in [0, 0.1) is 0 Å². The highest BCUT2D eigenvalue weighted by Gasteiger charge is 2.23. The van der Waals surface area contributed by atoms with Crippen molar-refractivity contribution in [3.8, 4) is 0 Å². The van der Waals surface area contributed by atoms with E-state index in [1.54, 1.807) is 19.1 Å². The number of thiophene rings is 1. The largest absolute Gasteiger partial charge is 0.326 e. The highest BCUT2D eigenvalue weighted by molar-refractivity contribution is 7.89. The molecule has 6 nitrogen and oxygen atoms in total. The molecule has 2 aromatic heterocycles. The number of nitrogens with zero attached hydrogens (tertiary/aromatic N) is 1. The summed E-state index contributed by atoms with van der Waals surface area (Å²) in [7, 11) is -3.68. The Morgan fingerprint density at radius 2 is 2.32 bits per heavy atom. The van der Waals surface area contributed by atoms with Crippen LogP contribution in [0.4, 0.5) is 0 Å². The fourth-order valence-corrected chi connectivity index (χ4v) is 4.09. The van der Waals surface area contributed by atoms with Crippen molar-refractivity contribution in [2.75, 3.05) is 0 Å². The first-order chi connectivity index (χ1) is 8.94. The van der Waals surface area contributed by atoms with Crippen molar-refractivity contribution in [3.63, 3.8) is 0 Å². The number of aromatic nitrogens is 2. The Hall–Kier alpha value is -0.930. The number of nitrogens with two attached hydrogens (primary N) is 1. The standard InChI is InChI=1S/C10H13ClN4O2S2/c1-6(8-2-3-9(11)18-8)15-19(16,17)10-7(4-12)5-13-14-10/h2-3,5-6,15H,4,12H2,1H3,(H,13,14). The molecule has 1 unspecified atom stereocenters. The molecule has 0 spiro atoms. The lowest BCUT2D eigenvalue weighted by Crippen LogP contribution is -2.27. The third-order valence-electron chi connectivity index (χ3n) is 2.52. The van der Waals surface area contributed by atoms with E-state index >= 15 is 0 Å². The number of nitrogens with one attached hydrogen (secondary N) is 2. The summed E-state index contributed by atoms with van der Waals surface area (Å²) in [5.74, 6) is 0. The quantitative estimate of drug-likeness (QED) is 0.779. The fraction of sp³-hybridized carbons (Fsp3) is 0.300. The van der Waals surface area contributed by atoms with Crippen molar-refractivity contribution < 1.29 is 8.42 Å². The lowest BCUT2D eigenvalue weighted by atomic mass is 10.3. The third-order valence-corrected chi connectivity index (χ3v) is 5.49. The minimum absolute atomic E-state index is 0.00417. The zero-order valence-electron chi connectivity index (χ0n) is 10.1. The van der Waals surface area contributed by atoms with Crippen molar-refractivity contribution in [3.05, 3.63) is 33.1 Å². The van der Waals surface area contributed by atoms with Gasteiger partial charge in [-0.2, -0.15) is 5.10 Å². The van der Waals surface area contributed by atoms with Gasteiger partial charge in [0.15, 0.2) is 5.03 Å². The fourth-order valence-electron chi connectivity index (χ4n) is 1.59. The van der Waals surface area contributed by atoms with Crippen LogP contribution in [0.25, 0.3) is 0 Å². The minimum Gasteiger partial charge on any atom is -0.326 e. The summed E-state index contributed by atoms with van der Waals surface area (Å²) in [6.45, 7) is 1.85. The van der Waals surface area contributed by atoms with Gasteiger partial charge < -0.3 is 5.73 Å². The summed E-state index contributed by atoms with van der Waals surface area (Å²) in [6.07, 6.45) is 1.40. The van der Waals surface area contributed by atoms with Crippen molar-refractivity contribution in [2.24, 2.45) is 5.73 Å². The molecule has 0 saturated heterocycles. The zero-order chi connectivity index (χ0) is 14.0. The molecule has 2 rings (SSSR count). The van der Waals surface area contributed by atoms with Gasteiger partial charge in [0.25, 0.3) is 10.0 Å². The minimum atomic E-state index is -3.68. The predicted molar refractivity (Wildman–Crippen MR) is 74.5 cm³/mol. The van der Waals surface area contributed by atoms with Crippen molar-refractivity contribution in [1.29, 1.82) is 0 Å². The topological polar surface area (TPSA) is 101 Å². The zero-order valence-corrected chi connectivity index (χ0v) is 12.4. The highest BCUT2D eigenvalue weighted by Crippen LogP contribution is 2.27. The van der Waals surface area contributed by atoms with E-state index in [2.05, 4.69) is 14.9 Å². The summed E-state index contributed by atoms with van der Waals surface area (Å²) in [5.41, 5.74) is 5.92. The Bertz CT molecular complexity index is 665. The van der Waals surface area contributed by atoms with E-state index in [1.165, 1.54) is 17.5 Å². The molecule has 0 aliphatic rings. The monoisotopic (exact) mass is 320 g/mol. The Kier molecular flexibility index (Phi) is 4.26. The number of hydrogen-bond acceptors (Lipinski definition) is 5. The molecule has 0 radical (unpaired) electrons. The number of rotatable bonds is 5. The van der Waals surface area contributed by atoms with Crippen LogP contribution in [-0.2, 0) is 16.6 Å². The van der Waals surface area contributed by atoms with E-state index in [1.807, 2.05) is 0 Å². The molecular formula is C10H13ClN4O2S2. The van der Waals surface area contributed by atoms with E-state index in [0.717, 1.165) is 4.88 Å². The van der Waals surface area contributed by atoms with Gasteiger partial charge in [0, 0.05) is 17.0 Å². The first-order valence-electron chi connectivity index (χ1n) is 5.44. The molecule has 0 aliphatic heterocycles. The second-order valence-corrected chi connectivity index (χ2v) is 7.31. The number of sulfonamides is 1. The molecule has 19 heavy (non-hydrogen) atoms. The van der Waals surface area contributed by atoms with Crippen LogP contribution in [0.2, 0.25) is 4.34 Å². The molecule has 0 aliphatic carbocycles.